The largest absolute Gasteiger partial charge is 0.488 e. The summed E-state index contributed by atoms with van der Waals surface area (Å²) in [7, 11) is 0. The number of aryl methyl sites for hydroxylation is 1. The van der Waals surface area contributed by atoms with Gasteiger partial charge in [-0.05, 0) is 24.6 Å². The van der Waals surface area contributed by atoms with E-state index in [1.54, 1.807) is 12.3 Å². The third-order valence-corrected chi connectivity index (χ3v) is 3.92. The zero-order valence-electron chi connectivity index (χ0n) is 10.6. The van der Waals surface area contributed by atoms with Crippen molar-refractivity contribution in [1.29, 1.82) is 0 Å². The molecule has 0 aliphatic carbocycles. The third-order valence-electron chi connectivity index (χ3n) is 2.83. The molecule has 6 heteroatoms. The van der Waals surface area contributed by atoms with Crippen LogP contribution in [-0.4, -0.2) is 4.98 Å². The third kappa shape index (κ3) is 2.69. The number of rotatable bonds is 3. The predicted molar refractivity (Wildman–Crippen MR) is 78.7 cm³/mol. The van der Waals surface area contributed by atoms with Crippen molar-refractivity contribution in [2.24, 2.45) is 0 Å². The van der Waals surface area contributed by atoms with E-state index in [9.17, 15) is 4.79 Å². The maximum absolute atomic E-state index is 11.4. The highest BCUT2D eigenvalue weighted by Crippen LogP contribution is 2.24. The maximum atomic E-state index is 11.4. The van der Waals surface area contributed by atoms with Crippen molar-refractivity contribution in [3.8, 4) is 5.75 Å². The first kappa shape index (κ1) is 13.1. The Kier molecular flexibility index (Phi) is 3.46. The zero-order valence-corrected chi connectivity index (χ0v) is 12.1. The van der Waals surface area contributed by atoms with Crippen LogP contribution < -0.4 is 10.4 Å². The van der Waals surface area contributed by atoms with E-state index >= 15 is 0 Å². The Morgan fingerprint density at radius 1 is 1.40 bits per heavy atom. The molecule has 0 spiro atoms. The van der Waals surface area contributed by atoms with Gasteiger partial charge in [0.25, 0.3) is 0 Å². The molecule has 0 saturated carbocycles. The zero-order chi connectivity index (χ0) is 14.1. The monoisotopic (exact) mass is 307 g/mol. The molecule has 0 radical (unpaired) electrons. The number of aromatic nitrogens is 1. The number of halogens is 1. The van der Waals surface area contributed by atoms with Crippen molar-refractivity contribution in [3.63, 3.8) is 0 Å². The summed E-state index contributed by atoms with van der Waals surface area (Å²) in [5.41, 5.74) is 1.05. The van der Waals surface area contributed by atoms with Gasteiger partial charge < -0.3 is 9.15 Å². The van der Waals surface area contributed by atoms with Crippen molar-refractivity contribution in [2.45, 2.75) is 13.5 Å². The van der Waals surface area contributed by atoms with Gasteiger partial charge in [0.05, 0.1) is 4.88 Å². The van der Waals surface area contributed by atoms with Gasteiger partial charge in [-0.25, -0.2) is 9.78 Å². The van der Waals surface area contributed by atoms with Gasteiger partial charge in [0, 0.05) is 23.7 Å². The summed E-state index contributed by atoms with van der Waals surface area (Å²) >= 11 is 7.13. The summed E-state index contributed by atoms with van der Waals surface area (Å²) in [6, 6.07) is 6.91. The molecule has 0 unspecified atom stereocenters. The first-order valence-electron chi connectivity index (χ1n) is 5.89. The van der Waals surface area contributed by atoms with Crippen LogP contribution in [0.4, 0.5) is 0 Å². The van der Waals surface area contributed by atoms with Gasteiger partial charge in [-0.2, -0.15) is 0 Å². The lowest BCUT2D eigenvalue weighted by atomic mass is 10.1. The van der Waals surface area contributed by atoms with Crippen LogP contribution in [0.5, 0.6) is 5.75 Å². The predicted octanol–water partition coefficient (Wildman–Crippen LogP) is 3.79. The first-order valence-corrected chi connectivity index (χ1v) is 7.09. The number of benzene rings is 1. The molecule has 2 aromatic heterocycles. The second kappa shape index (κ2) is 5.26. The summed E-state index contributed by atoms with van der Waals surface area (Å²) in [5.74, 6) is 0.635. The Labute approximate surface area is 123 Å². The molecule has 0 atom stereocenters. The molecule has 0 saturated heterocycles. The molecule has 0 N–H and O–H groups in total. The van der Waals surface area contributed by atoms with E-state index in [0.717, 1.165) is 15.8 Å². The van der Waals surface area contributed by atoms with Crippen LogP contribution in [0.2, 0.25) is 4.47 Å². The minimum atomic E-state index is -0.360. The van der Waals surface area contributed by atoms with E-state index in [2.05, 4.69) is 4.98 Å². The lowest BCUT2D eigenvalue weighted by Gasteiger charge is -2.06. The topological polar surface area (TPSA) is 52.3 Å². The Morgan fingerprint density at radius 2 is 2.25 bits per heavy atom. The molecule has 3 aromatic rings. The minimum Gasteiger partial charge on any atom is -0.488 e. The molecule has 0 bridgehead atoms. The van der Waals surface area contributed by atoms with Crippen molar-refractivity contribution < 1.29 is 9.15 Å². The fourth-order valence-electron chi connectivity index (χ4n) is 1.90. The molecule has 0 fully saturated rings. The lowest BCUT2D eigenvalue weighted by molar-refractivity contribution is 0.309. The van der Waals surface area contributed by atoms with E-state index in [1.165, 1.54) is 17.4 Å². The molecule has 3 rings (SSSR count). The van der Waals surface area contributed by atoms with Crippen LogP contribution in [-0.2, 0) is 6.61 Å². The SMILES string of the molecule is Cc1cc(=O)oc2cc(OCc3cnc(Cl)s3)ccc12. The number of hydrogen-bond donors (Lipinski definition) is 0. The number of nitrogens with zero attached hydrogens (tertiary/aromatic N) is 1. The van der Waals surface area contributed by atoms with Gasteiger partial charge in [0.1, 0.15) is 17.9 Å². The molecule has 4 nitrogen and oxygen atoms in total. The summed E-state index contributed by atoms with van der Waals surface area (Å²) < 4.78 is 11.3. The molecular weight excluding hydrogens is 298 g/mol. The van der Waals surface area contributed by atoms with Crippen molar-refractivity contribution in [1.82, 2.24) is 4.98 Å². The second-order valence-corrected chi connectivity index (χ2v) is 5.97. The Bertz CT molecular complexity index is 825. The van der Waals surface area contributed by atoms with Crippen LogP contribution in [0.1, 0.15) is 10.4 Å². The standard InChI is InChI=1S/C14H10ClNO3S/c1-8-4-13(17)19-12-5-9(2-3-11(8)12)18-7-10-6-16-14(15)20-10/h2-6H,7H2,1H3. The molecule has 1 aromatic carbocycles. The van der Waals surface area contributed by atoms with Gasteiger partial charge in [-0.15, -0.1) is 11.3 Å². The average molecular weight is 308 g/mol. The quantitative estimate of drug-likeness (QED) is 0.691. The van der Waals surface area contributed by atoms with Gasteiger partial charge in [-0.3, -0.25) is 0 Å². The van der Waals surface area contributed by atoms with Crippen LogP contribution in [0.3, 0.4) is 0 Å². The summed E-state index contributed by atoms with van der Waals surface area (Å²) in [6.07, 6.45) is 1.68. The van der Waals surface area contributed by atoms with Crippen molar-refractivity contribution in [3.05, 3.63) is 55.8 Å². The Morgan fingerprint density at radius 3 is 3.00 bits per heavy atom. The van der Waals surface area contributed by atoms with Gasteiger partial charge in [0.2, 0.25) is 0 Å². The van der Waals surface area contributed by atoms with Crippen LogP contribution >= 0.6 is 22.9 Å². The number of ether oxygens (including phenoxy) is 1. The highest BCUT2D eigenvalue weighted by atomic mass is 35.5. The molecule has 102 valence electrons. The Hall–Kier alpha value is -1.85. The van der Waals surface area contributed by atoms with E-state index in [4.69, 9.17) is 20.8 Å². The van der Waals surface area contributed by atoms with Gasteiger partial charge in [0.15, 0.2) is 4.47 Å². The smallest absolute Gasteiger partial charge is 0.336 e. The number of thiazole rings is 1. The van der Waals surface area contributed by atoms with Gasteiger partial charge >= 0.3 is 5.63 Å². The average Bonchev–Trinajstić information content (AvgIpc) is 2.81. The van der Waals surface area contributed by atoms with Crippen molar-refractivity contribution in [2.75, 3.05) is 0 Å². The highest BCUT2D eigenvalue weighted by molar-refractivity contribution is 7.15. The lowest BCUT2D eigenvalue weighted by Crippen LogP contribution is -1.98. The van der Waals surface area contributed by atoms with Crippen LogP contribution in [0.25, 0.3) is 11.0 Å². The first-order chi connectivity index (χ1) is 9.61. The minimum absolute atomic E-state index is 0.360. The second-order valence-electron chi connectivity index (χ2n) is 4.27. The molecular formula is C14H10ClNO3S. The van der Waals surface area contributed by atoms with E-state index < -0.39 is 0 Å². The van der Waals surface area contributed by atoms with Crippen LogP contribution in [0, 0.1) is 6.92 Å². The number of fused-ring (bicyclic) bond motifs is 1. The van der Waals surface area contributed by atoms with Crippen LogP contribution in [0.15, 0.2) is 39.7 Å². The molecule has 2 heterocycles. The molecule has 0 aliphatic heterocycles. The highest BCUT2D eigenvalue weighted by Gasteiger charge is 2.05. The summed E-state index contributed by atoms with van der Waals surface area (Å²) in [5, 5.41) is 0.901. The number of hydrogen-bond acceptors (Lipinski definition) is 5. The fourth-order valence-corrected chi connectivity index (χ4v) is 2.79. The van der Waals surface area contributed by atoms with E-state index in [1.807, 2.05) is 19.1 Å². The fraction of sp³-hybridized carbons (Fsp3) is 0.143. The summed E-state index contributed by atoms with van der Waals surface area (Å²) in [6.45, 7) is 2.26. The molecule has 0 amide bonds. The maximum Gasteiger partial charge on any atom is 0.336 e. The normalized spacial score (nSPS) is 10.9. The van der Waals surface area contributed by atoms with Gasteiger partial charge in [-0.1, -0.05) is 11.6 Å². The Balaban J connectivity index is 1.87. The van der Waals surface area contributed by atoms with E-state index in [-0.39, 0.29) is 5.63 Å². The molecule has 20 heavy (non-hydrogen) atoms. The van der Waals surface area contributed by atoms with Crippen molar-refractivity contribution >= 4 is 33.9 Å². The van der Waals surface area contributed by atoms with E-state index in [0.29, 0.717) is 22.4 Å². The summed E-state index contributed by atoms with van der Waals surface area (Å²) in [4.78, 5) is 16.2. The molecule has 0 aliphatic rings.